The normalized spacial score (nSPS) is 14.0. The predicted molar refractivity (Wildman–Crippen MR) is 117 cm³/mol. The zero-order valence-electron chi connectivity index (χ0n) is 16.9. The molecule has 1 fully saturated rings. The number of hydrogen-bond donors (Lipinski definition) is 2. The molecule has 0 radical (unpaired) electrons. The molecule has 0 heterocycles. The number of carboxylic acids is 2. The number of aromatic carboxylic acids is 2. The number of aryl methyl sites for hydroxylation is 1. The number of rotatable bonds is 5. The Balaban J connectivity index is 2.04. The Morgan fingerprint density at radius 2 is 1.30 bits per heavy atom. The van der Waals surface area contributed by atoms with Crippen molar-refractivity contribution < 1.29 is 19.8 Å². The van der Waals surface area contributed by atoms with Crippen LogP contribution in [-0.4, -0.2) is 22.2 Å². The van der Waals surface area contributed by atoms with E-state index < -0.39 is 11.9 Å². The molecule has 3 aromatic rings. The third-order valence-electron chi connectivity index (χ3n) is 6.06. The van der Waals surface area contributed by atoms with Gasteiger partial charge >= 0.3 is 11.9 Å². The van der Waals surface area contributed by atoms with Gasteiger partial charge in [-0.1, -0.05) is 61.4 Å². The molecule has 0 atom stereocenters. The van der Waals surface area contributed by atoms with Crippen molar-refractivity contribution in [3.05, 3.63) is 82.9 Å². The van der Waals surface area contributed by atoms with Crippen molar-refractivity contribution in [2.45, 2.75) is 38.5 Å². The third-order valence-corrected chi connectivity index (χ3v) is 6.06. The molecule has 0 amide bonds. The van der Waals surface area contributed by atoms with E-state index in [1.165, 1.54) is 18.4 Å². The van der Waals surface area contributed by atoms with E-state index in [1.807, 2.05) is 25.1 Å². The summed E-state index contributed by atoms with van der Waals surface area (Å²) in [4.78, 5) is 23.9. The number of hydrogen-bond acceptors (Lipinski definition) is 2. The summed E-state index contributed by atoms with van der Waals surface area (Å²) in [5.74, 6) is -1.53. The van der Waals surface area contributed by atoms with Crippen LogP contribution in [-0.2, 0) is 0 Å². The van der Waals surface area contributed by atoms with Crippen molar-refractivity contribution >= 4 is 11.9 Å². The van der Waals surface area contributed by atoms with E-state index in [0.29, 0.717) is 17.0 Å². The average Bonchev–Trinajstić information content (AvgIpc) is 3.28. The number of carbonyl (C=O) groups is 2. The zero-order valence-corrected chi connectivity index (χ0v) is 16.9. The monoisotopic (exact) mass is 400 g/mol. The van der Waals surface area contributed by atoms with Crippen LogP contribution in [0.5, 0.6) is 0 Å². The second-order valence-corrected chi connectivity index (χ2v) is 7.94. The Kier molecular flexibility index (Phi) is 5.40. The zero-order chi connectivity index (χ0) is 21.3. The van der Waals surface area contributed by atoms with Crippen molar-refractivity contribution in [1.82, 2.24) is 0 Å². The molecule has 1 aliphatic carbocycles. The Labute approximate surface area is 175 Å². The van der Waals surface area contributed by atoms with Crippen LogP contribution in [0.25, 0.3) is 22.3 Å². The Hall–Kier alpha value is -3.40. The fourth-order valence-electron chi connectivity index (χ4n) is 4.67. The second-order valence-electron chi connectivity index (χ2n) is 7.94. The van der Waals surface area contributed by atoms with Gasteiger partial charge in [-0.2, -0.15) is 0 Å². The fraction of sp³-hybridized carbons (Fsp3) is 0.231. The van der Waals surface area contributed by atoms with Crippen LogP contribution in [0.15, 0.2) is 60.7 Å². The summed E-state index contributed by atoms with van der Waals surface area (Å²) in [6, 6.07) is 18.1. The van der Waals surface area contributed by atoms with Gasteiger partial charge in [0.1, 0.15) is 0 Å². The molecular weight excluding hydrogens is 376 g/mol. The molecule has 4 nitrogen and oxygen atoms in total. The maximum atomic E-state index is 12.0. The topological polar surface area (TPSA) is 74.6 Å². The Bertz CT molecular complexity index is 1120. The maximum Gasteiger partial charge on any atom is 0.336 e. The second kappa shape index (κ2) is 8.15. The first kappa shape index (κ1) is 19.9. The molecule has 30 heavy (non-hydrogen) atoms. The lowest BCUT2D eigenvalue weighted by Crippen LogP contribution is -2.05. The SMILES string of the molecule is Cc1cc(C2CCCC2)cc(-c2ccccc2C(=O)O)c1-c1ccccc1C(=O)O. The molecule has 0 unspecified atom stereocenters. The molecule has 0 bridgehead atoms. The van der Waals surface area contributed by atoms with Crippen LogP contribution in [0.1, 0.15) is 63.4 Å². The minimum absolute atomic E-state index is 0.211. The average molecular weight is 400 g/mol. The van der Waals surface area contributed by atoms with E-state index in [4.69, 9.17) is 0 Å². The summed E-state index contributed by atoms with van der Waals surface area (Å²) in [6.45, 7) is 1.99. The lowest BCUT2D eigenvalue weighted by atomic mass is 9.83. The Morgan fingerprint density at radius 3 is 1.90 bits per heavy atom. The van der Waals surface area contributed by atoms with Gasteiger partial charge in [0.15, 0.2) is 0 Å². The van der Waals surface area contributed by atoms with Crippen LogP contribution in [0, 0.1) is 6.92 Å². The van der Waals surface area contributed by atoms with E-state index in [0.717, 1.165) is 29.5 Å². The third kappa shape index (κ3) is 3.61. The maximum absolute atomic E-state index is 12.0. The van der Waals surface area contributed by atoms with Gasteiger partial charge in [0, 0.05) is 0 Å². The summed E-state index contributed by atoms with van der Waals surface area (Å²) >= 11 is 0. The van der Waals surface area contributed by atoms with Crippen molar-refractivity contribution in [1.29, 1.82) is 0 Å². The van der Waals surface area contributed by atoms with E-state index in [9.17, 15) is 19.8 Å². The van der Waals surface area contributed by atoms with Gasteiger partial charge in [-0.05, 0) is 71.2 Å². The summed E-state index contributed by atoms with van der Waals surface area (Å²) in [5, 5.41) is 19.5. The highest BCUT2D eigenvalue weighted by molar-refractivity contribution is 6.03. The Morgan fingerprint density at radius 1 is 0.767 bits per heavy atom. The lowest BCUT2D eigenvalue weighted by molar-refractivity contribution is 0.0686. The fourth-order valence-corrected chi connectivity index (χ4v) is 4.67. The van der Waals surface area contributed by atoms with Crippen LogP contribution >= 0.6 is 0 Å². The molecule has 3 aromatic carbocycles. The van der Waals surface area contributed by atoms with Crippen molar-refractivity contribution in [2.24, 2.45) is 0 Å². The van der Waals surface area contributed by atoms with Gasteiger partial charge in [0.2, 0.25) is 0 Å². The van der Waals surface area contributed by atoms with Crippen LogP contribution in [0.4, 0.5) is 0 Å². The van der Waals surface area contributed by atoms with Gasteiger partial charge < -0.3 is 10.2 Å². The standard InChI is InChI=1S/C26H24O4/c1-16-14-18(17-8-2-3-9-17)15-23(19-10-4-6-12-21(19)25(27)28)24(16)20-11-5-7-13-22(20)26(29)30/h4-7,10-15,17H,2-3,8-9H2,1H3,(H,27,28)(H,29,30). The number of benzene rings is 3. The first-order valence-electron chi connectivity index (χ1n) is 10.3. The molecule has 1 saturated carbocycles. The minimum atomic E-state index is -0.998. The summed E-state index contributed by atoms with van der Waals surface area (Å²) in [5.41, 5.74) is 5.38. The van der Waals surface area contributed by atoms with E-state index in [1.54, 1.807) is 30.3 Å². The van der Waals surface area contributed by atoms with E-state index in [-0.39, 0.29) is 11.1 Å². The largest absolute Gasteiger partial charge is 0.478 e. The van der Waals surface area contributed by atoms with Crippen molar-refractivity contribution in [3.63, 3.8) is 0 Å². The van der Waals surface area contributed by atoms with Crippen LogP contribution < -0.4 is 0 Å². The molecule has 152 valence electrons. The van der Waals surface area contributed by atoms with Crippen LogP contribution in [0.2, 0.25) is 0 Å². The van der Waals surface area contributed by atoms with E-state index >= 15 is 0 Å². The lowest BCUT2D eigenvalue weighted by Gasteiger charge is -2.21. The first-order chi connectivity index (χ1) is 14.5. The molecule has 0 spiro atoms. The van der Waals surface area contributed by atoms with Crippen molar-refractivity contribution in [2.75, 3.05) is 0 Å². The highest BCUT2D eigenvalue weighted by atomic mass is 16.4. The molecule has 4 rings (SSSR count). The first-order valence-corrected chi connectivity index (χ1v) is 10.3. The summed E-state index contributed by atoms with van der Waals surface area (Å²) < 4.78 is 0. The van der Waals surface area contributed by atoms with E-state index in [2.05, 4.69) is 12.1 Å². The quantitative estimate of drug-likeness (QED) is 0.521. The molecular formula is C26H24O4. The number of carboxylic acid groups (broad SMARTS) is 2. The summed E-state index contributed by atoms with van der Waals surface area (Å²) in [7, 11) is 0. The molecule has 2 N–H and O–H groups in total. The van der Waals surface area contributed by atoms with Gasteiger partial charge in [0.05, 0.1) is 11.1 Å². The molecule has 0 aromatic heterocycles. The van der Waals surface area contributed by atoms with Crippen LogP contribution in [0.3, 0.4) is 0 Å². The van der Waals surface area contributed by atoms with Crippen molar-refractivity contribution in [3.8, 4) is 22.3 Å². The van der Waals surface area contributed by atoms with Gasteiger partial charge in [-0.3, -0.25) is 0 Å². The van der Waals surface area contributed by atoms with Gasteiger partial charge in [-0.25, -0.2) is 9.59 Å². The molecule has 0 aliphatic heterocycles. The molecule has 1 aliphatic rings. The molecule has 0 saturated heterocycles. The highest BCUT2D eigenvalue weighted by Gasteiger charge is 2.24. The molecule has 4 heteroatoms. The highest BCUT2D eigenvalue weighted by Crippen LogP contribution is 2.43. The van der Waals surface area contributed by atoms with Gasteiger partial charge in [0.25, 0.3) is 0 Å². The minimum Gasteiger partial charge on any atom is -0.478 e. The predicted octanol–water partition coefficient (Wildman–Crippen LogP) is 6.38. The van der Waals surface area contributed by atoms with Gasteiger partial charge in [-0.15, -0.1) is 0 Å². The summed E-state index contributed by atoms with van der Waals surface area (Å²) in [6.07, 6.45) is 4.66. The smallest absolute Gasteiger partial charge is 0.336 e.